The molecule has 0 fully saturated rings. The van der Waals surface area contributed by atoms with E-state index in [0.717, 1.165) is 5.56 Å². The zero-order valence-corrected chi connectivity index (χ0v) is 17.9. The van der Waals surface area contributed by atoms with Crippen molar-refractivity contribution in [1.29, 1.82) is 0 Å². The lowest BCUT2D eigenvalue weighted by atomic mass is 9.92. The Morgan fingerprint density at radius 3 is 2.19 bits per heavy atom. The first-order valence-corrected chi connectivity index (χ1v) is 10.2. The second kappa shape index (κ2) is 10.00. The number of nitrogens with two attached hydrogens (primary N) is 1. The SMILES string of the molecule is CC(C)(CN)CN(Cc1ccc(NC(=O)c2ccncc2)cc1)C(=O)c1ccccc1. The number of nitrogens with one attached hydrogen (secondary N) is 1. The largest absolute Gasteiger partial charge is 0.334 e. The van der Waals surface area contributed by atoms with Gasteiger partial charge in [-0.05, 0) is 53.9 Å². The quantitative estimate of drug-likeness (QED) is 0.582. The van der Waals surface area contributed by atoms with Crippen molar-refractivity contribution in [3.63, 3.8) is 0 Å². The molecule has 0 bridgehead atoms. The molecule has 0 saturated carbocycles. The maximum absolute atomic E-state index is 13.1. The molecule has 0 aliphatic carbocycles. The van der Waals surface area contributed by atoms with Crippen LogP contribution in [0.5, 0.6) is 0 Å². The molecule has 2 amide bonds. The summed E-state index contributed by atoms with van der Waals surface area (Å²) in [4.78, 5) is 31.2. The fraction of sp³-hybridized carbons (Fsp3) is 0.240. The van der Waals surface area contributed by atoms with Gasteiger partial charge < -0.3 is 16.0 Å². The lowest BCUT2D eigenvalue weighted by Gasteiger charge is -2.32. The highest BCUT2D eigenvalue weighted by molar-refractivity contribution is 6.04. The molecule has 0 unspecified atom stereocenters. The highest BCUT2D eigenvalue weighted by atomic mass is 16.2. The van der Waals surface area contributed by atoms with Crippen LogP contribution in [-0.2, 0) is 6.54 Å². The van der Waals surface area contributed by atoms with Crippen LogP contribution < -0.4 is 11.1 Å². The van der Waals surface area contributed by atoms with E-state index in [1.165, 1.54) is 0 Å². The van der Waals surface area contributed by atoms with Crippen LogP contribution in [-0.4, -0.2) is 34.8 Å². The van der Waals surface area contributed by atoms with E-state index in [0.29, 0.717) is 36.4 Å². The maximum atomic E-state index is 13.1. The highest BCUT2D eigenvalue weighted by Crippen LogP contribution is 2.20. The molecular weight excluding hydrogens is 388 g/mol. The third-order valence-electron chi connectivity index (χ3n) is 5.01. The third-order valence-corrected chi connectivity index (χ3v) is 5.01. The van der Waals surface area contributed by atoms with E-state index in [1.807, 2.05) is 59.5 Å². The number of hydrogen-bond acceptors (Lipinski definition) is 4. The summed E-state index contributed by atoms with van der Waals surface area (Å²) in [5.74, 6) is -0.224. The lowest BCUT2D eigenvalue weighted by Crippen LogP contribution is -2.41. The summed E-state index contributed by atoms with van der Waals surface area (Å²) in [7, 11) is 0. The molecule has 0 spiro atoms. The molecule has 6 heteroatoms. The van der Waals surface area contributed by atoms with Crippen LogP contribution in [0.3, 0.4) is 0 Å². The molecule has 0 aliphatic rings. The second-order valence-electron chi connectivity index (χ2n) is 8.28. The Labute approximate surface area is 183 Å². The maximum Gasteiger partial charge on any atom is 0.255 e. The average Bonchev–Trinajstić information content (AvgIpc) is 2.80. The van der Waals surface area contributed by atoms with Gasteiger partial charge in [0.25, 0.3) is 11.8 Å². The number of nitrogens with zero attached hydrogens (tertiary/aromatic N) is 2. The number of rotatable bonds is 8. The Morgan fingerprint density at radius 2 is 1.58 bits per heavy atom. The smallest absolute Gasteiger partial charge is 0.255 e. The van der Waals surface area contributed by atoms with E-state index in [-0.39, 0.29) is 17.2 Å². The van der Waals surface area contributed by atoms with Gasteiger partial charge in [-0.25, -0.2) is 0 Å². The molecule has 0 saturated heterocycles. The molecule has 160 valence electrons. The highest BCUT2D eigenvalue weighted by Gasteiger charge is 2.24. The van der Waals surface area contributed by atoms with E-state index in [2.05, 4.69) is 24.1 Å². The number of aromatic nitrogens is 1. The molecule has 1 heterocycles. The van der Waals surface area contributed by atoms with Crippen LogP contribution in [0.2, 0.25) is 0 Å². The predicted molar refractivity (Wildman–Crippen MR) is 123 cm³/mol. The van der Waals surface area contributed by atoms with Crippen LogP contribution >= 0.6 is 0 Å². The van der Waals surface area contributed by atoms with Crippen LogP contribution in [0.25, 0.3) is 0 Å². The Balaban J connectivity index is 1.73. The van der Waals surface area contributed by atoms with E-state index in [1.54, 1.807) is 24.5 Å². The normalized spacial score (nSPS) is 11.1. The average molecular weight is 417 g/mol. The standard InChI is InChI=1S/C25H28N4O2/c1-25(2,17-26)18-29(24(31)21-6-4-3-5-7-21)16-19-8-10-22(11-9-19)28-23(30)20-12-14-27-15-13-20/h3-15H,16-18,26H2,1-2H3,(H,28,30). The number of carbonyl (C=O) groups excluding carboxylic acids is 2. The molecule has 3 rings (SSSR count). The van der Waals surface area contributed by atoms with Gasteiger partial charge in [-0.15, -0.1) is 0 Å². The number of anilines is 1. The summed E-state index contributed by atoms with van der Waals surface area (Å²) in [6.45, 7) is 5.57. The van der Waals surface area contributed by atoms with Gasteiger partial charge in [0.15, 0.2) is 0 Å². The Morgan fingerprint density at radius 1 is 0.935 bits per heavy atom. The predicted octanol–water partition coefficient (Wildman–Crippen LogP) is 3.96. The minimum Gasteiger partial charge on any atom is -0.334 e. The van der Waals surface area contributed by atoms with Gasteiger partial charge in [-0.1, -0.05) is 44.2 Å². The van der Waals surface area contributed by atoms with Crippen LogP contribution in [0, 0.1) is 5.41 Å². The summed E-state index contributed by atoms with van der Waals surface area (Å²) < 4.78 is 0. The molecule has 1 aromatic heterocycles. The van der Waals surface area contributed by atoms with Crippen molar-refractivity contribution < 1.29 is 9.59 Å². The number of amides is 2. The van der Waals surface area contributed by atoms with E-state index in [9.17, 15) is 9.59 Å². The molecule has 31 heavy (non-hydrogen) atoms. The number of carbonyl (C=O) groups is 2. The van der Waals surface area contributed by atoms with Gasteiger partial charge >= 0.3 is 0 Å². The van der Waals surface area contributed by atoms with Gasteiger partial charge in [-0.2, -0.15) is 0 Å². The molecule has 3 aromatic rings. The number of benzene rings is 2. The van der Waals surface area contributed by atoms with Gasteiger partial charge in [0.1, 0.15) is 0 Å². The molecule has 6 nitrogen and oxygen atoms in total. The monoisotopic (exact) mass is 416 g/mol. The topological polar surface area (TPSA) is 88.3 Å². The van der Waals surface area contributed by atoms with Crippen LogP contribution in [0.4, 0.5) is 5.69 Å². The summed E-state index contributed by atoms with van der Waals surface area (Å²) in [5, 5.41) is 2.87. The van der Waals surface area contributed by atoms with Crippen molar-refractivity contribution in [3.05, 3.63) is 95.8 Å². The van der Waals surface area contributed by atoms with Gasteiger partial charge in [0.05, 0.1) is 0 Å². The summed E-state index contributed by atoms with van der Waals surface area (Å²) in [5.41, 5.74) is 8.57. The first-order valence-electron chi connectivity index (χ1n) is 10.2. The molecule has 3 N–H and O–H groups in total. The minimum atomic E-state index is -0.205. The van der Waals surface area contributed by atoms with Gasteiger partial charge in [-0.3, -0.25) is 14.6 Å². The van der Waals surface area contributed by atoms with Crippen LogP contribution in [0.1, 0.15) is 40.1 Å². The third kappa shape index (κ3) is 6.23. The van der Waals surface area contributed by atoms with E-state index < -0.39 is 0 Å². The molecular formula is C25H28N4O2. The van der Waals surface area contributed by atoms with Gasteiger partial charge in [0.2, 0.25) is 0 Å². The Hall–Kier alpha value is -3.51. The second-order valence-corrected chi connectivity index (χ2v) is 8.28. The fourth-order valence-electron chi connectivity index (χ4n) is 3.16. The number of pyridine rings is 1. The summed E-state index contributed by atoms with van der Waals surface area (Å²) in [6, 6.07) is 20.1. The van der Waals surface area contributed by atoms with Gasteiger partial charge in [0, 0.05) is 42.3 Å². The number of hydrogen-bond donors (Lipinski definition) is 2. The van der Waals surface area contributed by atoms with E-state index >= 15 is 0 Å². The summed E-state index contributed by atoms with van der Waals surface area (Å²) >= 11 is 0. The van der Waals surface area contributed by atoms with E-state index in [4.69, 9.17) is 5.73 Å². The zero-order valence-electron chi connectivity index (χ0n) is 17.9. The molecule has 0 radical (unpaired) electrons. The molecule has 0 atom stereocenters. The first kappa shape index (κ1) is 22.2. The van der Waals surface area contributed by atoms with Crippen molar-refractivity contribution in [2.24, 2.45) is 11.1 Å². The molecule has 2 aromatic carbocycles. The van der Waals surface area contributed by atoms with Crippen LogP contribution in [0.15, 0.2) is 79.1 Å². The van der Waals surface area contributed by atoms with Crippen molar-refractivity contribution in [1.82, 2.24) is 9.88 Å². The molecule has 0 aliphatic heterocycles. The van der Waals surface area contributed by atoms with Crippen molar-refractivity contribution >= 4 is 17.5 Å². The van der Waals surface area contributed by atoms with Crippen molar-refractivity contribution in [2.75, 3.05) is 18.4 Å². The minimum absolute atomic E-state index is 0.0304. The lowest BCUT2D eigenvalue weighted by molar-refractivity contribution is 0.0673. The van der Waals surface area contributed by atoms with Crippen molar-refractivity contribution in [3.8, 4) is 0 Å². The fourth-order valence-corrected chi connectivity index (χ4v) is 3.16. The zero-order chi connectivity index (χ0) is 22.3. The Bertz CT molecular complexity index is 1000. The Kier molecular flexibility index (Phi) is 7.15. The first-order chi connectivity index (χ1) is 14.9. The summed E-state index contributed by atoms with van der Waals surface area (Å²) in [6.07, 6.45) is 3.17. The van der Waals surface area contributed by atoms with Crippen molar-refractivity contribution in [2.45, 2.75) is 20.4 Å².